The fourth-order valence-corrected chi connectivity index (χ4v) is 2.29. The van der Waals surface area contributed by atoms with E-state index >= 15 is 0 Å². The predicted molar refractivity (Wildman–Crippen MR) is 57.3 cm³/mol. The van der Waals surface area contributed by atoms with E-state index in [1.165, 1.54) is 11.1 Å². The Labute approximate surface area is 89.2 Å². The van der Waals surface area contributed by atoms with Crippen molar-refractivity contribution in [2.45, 2.75) is 39.5 Å². The number of rotatable bonds is 1. The number of aromatic carboxylic acids is 1. The number of carboxylic acids is 1. The Balaban J connectivity index is 2.67. The van der Waals surface area contributed by atoms with E-state index in [0.717, 1.165) is 36.9 Å². The van der Waals surface area contributed by atoms with Gasteiger partial charge < -0.3 is 5.11 Å². The number of nitrogens with zero attached hydrogens (tertiary/aromatic N) is 1. The molecule has 1 aliphatic carbocycles. The zero-order valence-electron chi connectivity index (χ0n) is 9.13. The van der Waals surface area contributed by atoms with Crippen molar-refractivity contribution in [3.05, 3.63) is 28.1 Å². The number of fused-ring (bicyclic) bond motifs is 1. The fourth-order valence-electron chi connectivity index (χ4n) is 2.29. The third-order valence-corrected chi connectivity index (χ3v) is 3.23. The molecule has 80 valence electrons. The van der Waals surface area contributed by atoms with Gasteiger partial charge in [0.05, 0.1) is 0 Å². The van der Waals surface area contributed by atoms with Crippen LogP contribution in [0.1, 0.15) is 45.7 Å². The number of aryl methyl sites for hydroxylation is 1. The first kappa shape index (κ1) is 10.1. The summed E-state index contributed by atoms with van der Waals surface area (Å²) in [7, 11) is 0. The van der Waals surface area contributed by atoms with Gasteiger partial charge in [-0.15, -0.1) is 0 Å². The smallest absolute Gasteiger partial charge is 0.354 e. The molecule has 3 heteroatoms. The summed E-state index contributed by atoms with van der Waals surface area (Å²) in [5.74, 6) is -0.892. The molecule has 0 unspecified atom stereocenters. The lowest BCUT2D eigenvalue weighted by Crippen LogP contribution is -2.15. The monoisotopic (exact) mass is 205 g/mol. The Morgan fingerprint density at radius 1 is 1.20 bits per heavy atom. The van der Waals surface area contributed by atoms with Crippen LogP contribution in [0.15, 0.2) is 0 Å². The summed E-state index contributed by atoms with van der Waals surface area (Å²) in [6.45, 7) is 3.93. The first-order valence-corrected chi connectivity index (χ1v) is 5.33. The van der Waals surface area contributed by atoms with Crippen LogP contribution >= 0.6 is 0 Å². The Bertz CT molecular complexity index is 424. The molecule has 0 aromatic carbocycles. The Kier molecular flexibility index (Phi) is 2.47. The maximum atomic E-state index is 11.1. The molecular formula is C12H15NO2. The highest BCUT2D eigenvalue weighted by atomic mass is 16.4. The second-order valence-electron chi connectivity index (χ2n) is 4.14. The van der Waals surface area contributed by atoms with Gasteiger partial charge in [-0.05, 0) is 56.2 Å². The topological polar surface area (TPSA) is 50.2 Å². The Morgan fingerprint density at radius 2 is 1.80 bits per heavy atom. The second kappa shape index (κ2) is 3.65. The summed E-state index contributed by atoms with van der Waals surface area (Å²) >= 11 is 0. The van der Waals surface area contributed by atoms with E-state index in [4.69, 9.17) is 5.11 Å². The molecule has 1 aromatic heterocycles. The molecule has 0 saturated heterocycles. The van der Waals surface area contributed by atoms with E-state index in [9.17, 15) is 4.79 Å². The number of aromatic nitrogens is 1. The third-order valence-electron chi connectivity index (χ3n) is 3.23. The largest absolute Gasteiger partial charge is 0.477 e. The van der Waals surface area contributed by atoms with Crippen LogP contribution in [0.3, 0.4) is 0 Å². The van der Waals surface area contributed by atoms with Gasteiger partial charge >= 0.3 is 5.97 Å². The third kappa shape index (κ3) is 1.62. The van der Waals surface area contributed by atoms with Gasteiger partial charge in [0.15, 0.2) is 5.69 Å². The average molecular weight is 205 g/mol. The second-order valence-corrected chi connectivity index (χ2v) is 4.14. The van der Waals surface area contributed by atoms with Crippen LogP contribution < -0.4 is 0 Å². The summed E-state index contributed by atoms with van der Waals surface area (Å²) in [6, 6.07) is 0. The summed E-state index contributed by atoms with van der Waals surface area (Å²) in [5.41, 5.74) is 4.50. The van der Waals surface area contributed by atoms with Crippen LogP contribution in [0.25, 0.3) is 0 Å². The molecule has 15 heavy (non-hydrogen) atoms. The van der Waals surface area contributed by atoms with Crippen molar-refractivity contribution in [2.24, 2.45) is 0 Å². The molecule has 0 fully saturated rings. The van der Waals surface area contributed by atoms with Gasteiger partial charge in [-0.3, -0.25) is 0 Å². The van der Waals surface area contributed by atoms with Crippen LogP contribution in [-0.4, -0.2) is 16.1 Å². The molecule has 1 N–H and O–H groups in total. The predicted octanol–water partition coefficient (Wildman–Crippen LogP) is 2.28. The Hall–Kier alpha value is -1.38. The van der Waals surface area contributed by atoms with Crippen molar-refractivity contribution in [2.75, 3.05) is 0 Å². The van der Waals surface area contributed by atoms with E-state index in [1.54, 1.807) is 0 Å². The molecule has 0 radical (unpaired) electrons. The van der Waals surface area contributed by atoms with E-state index < -0.39 is 5.97 Å². The molecule has 1 heterocycles. The van der Waals surface area contributed by atoms with Crippen molar-refractivity contribution < 1.29 is 9.90 Å². The zero-order chi connectivity index (χ0) is 11.0. The van der Waals surface area contributed by atoms with Crippen LogP contribution in [0.5, 0.6) is 0 Å². The van der Waals surface area contributed by atoms with E-state index in [-0.39, 0.29) is 5.69 Å². The highest BCUT2D eigenvalue weighted by Gasteiger charge is 2.21. The molecule has 0 saturated carbocycles. The molecule has 0 bridgehead atoms. The number of hydrogen-bond acceptors (Lipinski definition) is 2. The minimum atomic E-state index is -0.892. The highest BCUT2D eigenvalue weighted by molar-refractivity contribution is 5.88. The van der Waals surface area contributed by atoms with E-state index in [1.807, 2.05) is 13.8 Å². The normalized spacial score (nSPS) is 14.8. The van der Waals surface area contributed by atoms with Gasteiger partial charge in [0.25, 0.3) is 0 Å². The number of pyridine rings is 1. The van der Waals surface area contributed by atoms with Gasteiger partial charge in [-0.1, -0.05) is 0 Å². The van der Waals surface area contributed by atoms with Crippen molar-refractivity contribution >= 4 is 5.97 Å². The van der Waals surface area contributed by atoms with Crippen molar-refractivity contribution in [3.8, 4) is 0 Å². The molecule has 2 rings (SSSR count). The van der Waals surface area contributed by atoms with Crippen LogP contribution in [0.4, 0.5) is 0 Å². The first-order valence-electron chi connectivity index (χ1n) is 5.33. The lowest BCUT2D eigenvalue weighted by atomic mass is 9.87. The maximum Gasteiger partial charge on any atom is 0.354 e. The van der Waals surface area contributed by atoms with Gasteiger partial charge in [0, 0.05) is 5.69 Å². The maximum absolute atomic E-state index is 11.1. The average Bonchev–Trinajstić information content (AvgIpc) is 2.23. The molecule has 1 aromatic rings. The molecule has 0 atom stereocenters. The lowest BCUT2D eigenvalue weighted by Gasteiger charge is -2.20. The van der Waals surface area contributed by atoms with Crippen LogP contribution in [0, 0.1) is 13.8 Å². The van der Waals surface area contributed by atoms with Gasteiger partial charge in [0.2, 0.25) is 0 Å². The quantitative estimate of drug-likeness (QED) is 0.765. The molecule has 0 spiro atoms. The van der Waals surface area contributed by atoms with Crippen molar-refractivity contribution in [1.29, 1.82) is 0 Å². The van der Waals surface area contributed by atoms with Crippen molar-refractivity contribution in [1.82, 2.24) is 4.98 Å². The lowest BCUT2D eigenvalue weighted by molar-refractivity contribution is 0.0688. The first-order chi connectivity index (χ1) is 7.11. The van der Waals surface area contributed by atoms with E-state index in [0.29, 0.717) is 0 Å². The number of carbonyl (C=O) groups is 1. The Morgan fingerprint density at radius 3 is 2.40 bits per heavy atom. The molecule has 0 aliphatic heterocycles. The van der Waals surface area contributed by atoms with E-state index in [2.05, 4.69) is 4.98 Å². The standard InChI is InChI=1S/C12H15NO2/c1-7-8(2)13-11(12(14)15)10-6-4-3-5-9(7)10/h3-6H2,1-2H3,(H,14,15). The zero-order valence-corrected chi connectivity index (χ0v) is 9.13. The van der Waals surface area contributed by atoms with Gasteiger partial charge in [-0.2, -0.15) is 0 Å². The molecular weight excluding hydrogens is 190 g/mol. The van der Waals surface area contributed by atoms with Crippen LogP contribution in [0.2, 0.25) is 0 Å². The molecule has 0 amide bonds. The summed E-state index contributed by atoms with van der Waals surface area (Å²) in [5, 5.41) is 9.09. The number of hydrogen-bond donors (Lipinski definition) is 1. The molecule has 3 nitrogen and oxygen atoms in total. The minimum absolute atomic E-state index is 0.271. The van der Waals surface area contributed by atoms with Crippen LogP contribution in [-0.2, 0) is 12.8 Å². The van der Waals surface area contributed by atoms with Gasteiger partial charge in [0.1, 0.15) is 0 Å². The fraction of sp³-hybridized carbons (Fsp3) is 0.500. The summed E-state index contributed by atoms with van der Waals surface area (Å²) < 4.78 is 0. The molecule has 1 aliphatic rings. The van der Waals surface area contributed by atoms with Crippen molar-refractivity contribution in [3.63, 3.8) is 0 Å². The van der Waals surface area contributed by atoms with Gasteiger partial charge in [-0.25, -0.2) is 9.78 Å². The summed E-state index contributed by atoms with van der Waals surface area (Å²) in [4.78, 5) is 15.3. The highest BCUT2D eigenvalue weighted by Crippen LogP contribution is 2.27. The summed E-state index contributed by atoms with van der Waals surface area (Å²) in [6.07, 6.45) is 4.11. The SMILES string of the molecule is Cc1nc(C(=O)O)c2c(c1C)CCCC2. The minimum Gasteiger partial charge on any atom is -0.477 e. The number of carboxylic acid groups (broad SMARTS) is 1.